The quantitative estimate of drug-likeness (QED) is 0.762. The number of aliphatic hydroxyl groups is 2. The molecule has 1 aromatic carbocycles. The number of hydrogen-bond acceptors (Lipinski definition) is 4. The number of benzene rings is 1. The molecule has 0 saturated carbocycles. The van der Waals surface area contributed by atoms with Gasteiger partial charge in [-0.2, -0.15) is 0 Å². The number of fused-ring (bicyclic) bond motifs is 1. The van der Waals surface area contributed by atoms with Crippen LogP contribution in [-0.2, 0) is 5.54 Å². The van der Waals surface area contributed by atoms with Crippen LogP contribution in [0.15, 0.2) is 18.2 Å². The fraction of sp³-hybridized carbons (Fsp3) is 0.429. The first-order valence-corrected chi connectivity index (χ1v) is 6.43. The highest BCUT2D eigenvalue weighted by atomic mass is 16.4. The summed E-state index contributed by atoms with van der Waals surface area (Å²) in [5, 5.41) is 28.5. The zero-order chi connectivity index (χ0) is 14.9. The number of rotatable bonds is 5. The van der Waals surface area contributed by atoms with Crippen LogP contribution in [0.25, 0.3) is 11.0 Å². The third kappa shape index (κ3) is 2.07. The van der Waals surface area contributed by atoms with E-state index in [-0.39, 0.29) is 18.8 Å². The van der Waals surface area contributed by atoms with Gasteiger partial charge >= 0.3 is 5.97 Å². The molecule has 0 bridgehead atoms. The van der Waals surface area contributed by atoms with Crippen LogP contribution in [-0.4, -0.2) is 44.1 Å². The van der Waals surface area contributed by atoms with E-state index in [9.17, 15) is 15.0 Å². The van der Waals surface area contributed by atoms with Crippen molar-refractivity contribution in [2.75, 3.05) is 13.2 Å². The van der Waals surface area contributed by atoms with E-state index in [2.05, 4.69) is 4.98 Å². The average molecular weight is 278 g/mol. The second-order valence-electron chi connectivity index (χ2n) is 4.90. The van der Waals surface area contributed by atoms with E-state index in [4.69, 9.17) is 5.11 Å². The lowest BCUT2D eigenvalue weighted by atomic mass is 9.97. The first kappa shape index (κ1) is 14.5. The number of aliphatic hydroxyl groups excluding tert-OH is 2. The molecule has 6 heteroatoms. The summed E-state index contributed by atoms with van der Waals surface area (Å²) in [6, 6.07) is 4.65. The molecule has 0 aliphatic carbocycles. The zero-order valence-electron chi connectivity index (χ0n) is 11.5. The van der Waals surface area contributed by atoms with Crippen molar-refractivity contribution in [2.45, 2.75) is 25.8 Å². The number of aromatic nitrogens is 2. The molecule has 0 unspecified atom stereocenters. The maximum absolute atomic E-state index is 11.1. The summed E-state index contributed by atoms with van der Waals surface area (Å²) in [6.07, 6.45) is 0.504. The Morgan fingerprint density at radius 3 is 2.50 bits per heavy atom. The second-order valence-corrected chi connectivity index (χ2v) is 4.90. The number of aromatic carboxylic acids is 1. The Labute approximate surface area is 116 Å². The predicted molar refractivity (Wildman–Crippen MR) is 73.9 cm³/mol. The highest BCUT2D eigenvalue weighted by molar-refractivity contribution is 5.92. The number of imidazole rings is 1. The van der Waals surface area contributed by atoms with Crippen molar-refractivity contribution in [3.05, 3.63) is 29.6 Å². The van der Waals surface area contributed by atoms with Gasteiger partial charge in [-0.05, 0) is 31.5 Å². The Kier molecular flexibility index (Phi) is 3.78. The smallest absolute Gasteiger partial charge is 0.335 e. The van der Waals surface area contributed by atoms with Crippen molar-refractivity contribution in [3.8, 4) is 0 Å². The Hall–Kier alpha value is -1.92. The van der Waals surface area contributed by atoms with E-state index in [1.165, 1.54) is 12.1 Å². The molecule has 2 rings (SSSR count). The van der Waals surface area contributed by atoms with Crippen molar-refractivity contribution in [2.24, 2.45) is 0 Å². The molecule has 0 saturated heterocycles. The highest BCUT2D eigenvalue weighted by Crippen LogP contribution is 2.28. The van der Waals surface area contributed by atoms with Gasteiger partial charge in [-0.1, -0.05) is 6.92 Å². The lowest BCUT2D eigenvalue weighted by molar-refractivity contribution is 0.0613. The van der Waals surface area contributed by atoms with Crippen LogP contribution in [0, 0.1) is 6.92 Å². The van der Waals surface area contributed by atoms with Gasteiger partial charge in [-0.3, -0.25) is 0 Å². The van der Waals surface area contributed by atoms with Gasteiger partial charge in [0, 0.05) is 0 Å². The minimum Gasteiger partial charge on any atom is -0.478 e. The molecule has 3 N–H and O–H groups in total. The van der Waals surface area contributed by atoms with Gasteiger partial charge in [-0.15, -0.1) is 0 Å². The van der Waals surface area contributed by atoms with Crippen LogP contribution >= 0.6 is 0 Å². The average Bonchev–Trinajstić information content (AvgIpc) is 2.78. The zero-order valence-corrected chi connectivity index (χ0v) is 11.5. The summed E-state index contributed by atoms with van der Waals surface area (Å²) in [4.78, 5) is 15.5. The van der Waals surface area contributed by atoms with Crippen LogP contribution in [0.4, 0.5) is 0 Å². The van der Waals surface area contributed by atoms with E-state index < -0.39 is 11.5 Å². The van der Waals surface area contributed by atoms with Crippen LogP contribution in [0.5, 0.6) is 0 Å². The fourth-order valence-electron chi connectivity index (χ4n) is 2.50. The largest absolute Gasteiger partial charge is 0.478 e. The minimum atomic E-state index is -1.02. The number of nitrogens with zero attached hydrogens (tertiary/aromatic N) is 2. The molecule has 2 aromatic rings. The molecule has 0 amide bonds. The maximum atomic E-state index is 11.1. The molecule has 0 spiro atoms. The van der Waals surface area contributed by atoms with Crippen LogP contribution in [0.3, 0.4) is 0 Å². The van der Waals surface area contributed by atoms with E-state index in [1.807, 2.05) is 6.92 Å². The number of aryl methyl sites for hydroxylation is 1. The van der Waals surface area contributed by atoms with Gasteiger partial charge in [0.1, 0.15) is 5.82 Å². The molecule has 6 nitrogen and oxygen atoms in total. The molecule has 0 fully saturated rings. The number of carboxylic acid groups (broad SMARTS) is 1. The molecule has 0 radical (unpaired) electrons. The summed E-state index contributed by atoms with van der Waals surface area (Å²) >= 11 is 0. The molecule has 0 atom stereocenters. The summed E-state index contributed by atoms with van der Waals surface area (Å²) < 4.78 is 1.73. The Bertz CT molecular complexity index is 636. The molecular formula is C14H18N2O4. The van der Waals surface area contributed by atoms with Gasteiger partial charge in [0.05, 0.1) is 35.3 Å². The molecule has 1 heterocycles. The summed E-state index contributed by atoms with van der Waals surface area (Å²) in [5.74, 6) is -0.389. The molecule has 108 valence electrons. The summed E-state index contributed by atoms with van der Waals surface area (Å²) in [5.41, 5.74) is 0.523. The van der Waals surface area contributed by atoms with Crippen molar-refractivity contribution < 1.29 is 20.1 Å². The van der Waals surface area contributed by atoms with Crippen LogP contribution in [0.2, 0.25) is 0 Å². The van der Waals surface area contributed by atoms with Crippen molar-refractivity contribution >= 4 is 17.0 Å². The van der Waals surface area contributed by atoms with E-state index >= 15 is 0 Å². The summed E-state index contributed by atoms with van der Waals surface area (Å²) in [6.45, 7) is 3.14. The second kappa shape index (κ2) is 5.22. The Balaban J connectivity index is 2.77. The van der Waals surface area contributed by atoms with Gasteiger partial charge in [0.15, 0.2) is 0 Å². The van der Waals surface area contributed by atoms with Gasteiger partial charge < -0.3 is 19.9 Å². The van der Waals surface area contributed by atoms with Gasteiger partial charge in [0.25, 0.3) is 0 Å². The summed E-state index contributed by atoms with van der Waals surface area (Å²) in [7, 11) is 0. The third-order valence-electron chi connectivity index (χ3n) is 3.79. The van der Waals surface area contributed by atoms with Crippen LogP contribution in [0.1, 0.15) is 29.5 Å². The first-order valence-electron chi connectivity index (χ1n) is 6.43. The van der Waals surface area contributed by atoms with E-state index in [0.717, 1.165) is 0 Å². The standard InChI is InChI=1S/C14H18N2O4/c1-3-14(7-17,8-18)16-9(2)15-11-5-4-10(13(19)20)6-12(11)16/h4-6,17-18H,3,7-8H2,1-2H3,(H,19,20). The number of hydrogen-bond donors (Lipinski definition) is 3. The minimum absolute atomic E-state index is 0.152. The van der Waals surface area contributed by atoms with E-state index in [0.29, 0.717) is 23.3 Å². The molecular weight excluding hydrogens is 260 g/mol. The normalized spacial score (nSPS) is 12.0. The monoisotopic (exact) mass is 278 g/mol. The topological polar surface area (TPSA) is 95.6 Å². The first-order chi connectivity index (χ1) is 9.49. The molecule has 0 aliphatic heterocycles. The number of carboxylic acids is 1. The fourth-order valence-corrected chi connectivity index (χ4v) is 2.50. The maximum Gasteiger partial charge on any atom is 0.335 e. The van der Waals surface area contributed by atoms with E-state index in [1.54, 1.807) is 17.6 Å². The SMILES string of the molecule is CCC(CO)(CO)n1c(C)nc2ccc(C(=O)O)cc21. The molecule has 20 heavy (non-hydrogen) atoms. The highest BCUT2D eigenvalue weighted by Gasteiger charge is 2.32. The van der Waals surface area contributed by atoms with Crippen LogP contribution < -0.4 is 0 Å². The van der Waals surface area contributed by atoms with Gasteiger partial charge in [0.2, 0.25) is 0 Å². The van der Waals surface area contributed by atoms with Crippen molar-refractivity contribution in [1.82, 2.24) is 9.55 Å². The lowest BCUT2D eigenvalue weighted by Gasteiger charge is -2.32. The number of carbonyl (C=O) groups is 1. The molecule has 1 aromatic heterocycles. The van der Waals surface area contributed by atoms with Gasteiger partial charge in [-0.25, -0.2) is 9.78 Å². The Morgan fingerprint density at radius 2 is 2.00 bits per heavy atom. The Morgan fingerprint density at radius 1 is 1.35 bits per heavy atom. The van der Waals surface area contributed by atoms with Crippen molar-refractivity contribution in [1.29, 1.82) is 0 Å². The predicted octanol–water partition coefficient (Wildman–Crippen LogP) is 1.13. The van der Waals surface area contributed by atoms with Crippen molar-refractivity contribution in [3.63, 3.8) is 0 Å². The lowest BCUT2D eigenvalue weighted by Crippen LogP contribution is -2.41. The molecule has 0 aliphatic rings. The third-order valence-corrected chi connectivity index (χ3v) is 3.79.